The van der Waals surface area contributed by atoms with Crippen LogP contribution in [0.4, 0.5) is 0 Å². The minimum Gasteiger partial charge on any atom is -0.394 e. The summed E-state index contributed by atoms with van der Waals surface area (Å²) in [4.78, 5) is 12.9. The number of hydrogen-bond acceptors (Lipinski definition) is 1. The van der Waals surface area contributed by atoms with Crippen molar-refractivity contribution in [1.82, 2.24) is 4.90 Å². The maximum atomic E-state index is 11.1. The van der Waals surface area contributed by atoms with Crippen molar-refractivity contribution in [1.29, 1.82) is 0 Å². The van der Waals surface area contributed by atoms with Crippen molar-refractivity contribution in [2.24, 2.45) is 11.3 Å². The van der Waals surface area contributed by atoms with Crippen LogP contribution in [0, 0.1) is 25.2 Å². The summed E-state index contributed by atoms with van der Waals surface area (Å²) >= 11 is 0. The first kappa shape index (κ1) is 14.4. The van der Waals surface area contributed by atoms with Gasteiger partial charge < -0.3 is 23.5 Å². The fourth-order valence-corrected chi connectivity index (χ4v) is 1.85. The van der Waals surface area contributed by atoms with Gasteiger partial charge in [0.2, 0.25) is 0 Å². The SMILES string of the molecule is [CH2-]C(=O)N1CC(C(C)(C)C)CC1[CH2-].[Y]. The third-order valence-corrected chi connectivity index (χ3v) is 2.96. The molecule has 14 heavy (non-hydrogen) atoms. The van der Waals surface area contributed by atoms with E-state index in [1.54, 1.807) is 4.90 Å². The Kier molecular flexibility index (Phi) is 5.14. The Labute approximate surface area is 113 Å². The summed E-state index contributed by atoms with van der Waals surface area (Å²) in [7, 11) is 0. The second kappa shape index (κ2) is 4.98. The number of rotatable bonds is 0. The van der Waals surface area contributed by atoms with Gasteiger partial charge in [-0.2, -0.15) is 0 Å². The standard InChI is InChI=1S/C11H19NO.Y/c1-8-6-10(11(3,4)5)7-12(8)9(2)13;/h8,10H,1-2,6-7H2,3-5H3;/q-2;. The molecular formula is C11H19NOY-2. The first-order valence-electron chi connectivity index (χ1n) is 4.78. The van der Waals surface area contributed by atoms with E-state index < -0.39 is 0 Å². The smallest absolute Gasteiger partial charge is 0.0801 e. The third kappa shape index (κ3) is 3.24. The van der Waals surface area contributed by atoms with Crippen LogP contribution in [0.25, 0.3) is 0 Å². The van der Waals surface area contributed by atoms with Crippen LogP contribution < -0.4 is 0 Å². The van der Waals surface area contributed by atoms with Gasteiger partial charge in [0.15, 0.2) is 0 Å². The summed E-state index contributed by atoms with van der Waals surface area (Å²) in [6.45, 7) is 14.9. The number of carbonyl (C=O) groups excluding carboxylic acids is 1. The zero-order valence-electron chi connectivity index (χ0n) is 9.42. The molecule has 0 saturated carbocycles. The minimum absolute atomic E-state index is 0. The molecule has 2 unspecified atom stereocenters. The Balaban J connectivity index is 0.00000169. The summed E-state index contributed by atoms with van der Waals surface area (Å²) in [5.41, 5.74) is 0.264. The molecule has 1 fully saturated rings. The van der Waals surface area contributed by atoms with E-state index in [1.165, 1.54) is 0 Å². The van der Waals surface area contributed by atoms with Crippen LogP contribution in [-0.2, 0) is 37.5 Å². The summed E-state index contributed by atoms with van der Waals surface area (Å²) in [6.07, 6.45) is 1.00. The van der Waals surface area contributed by atoms with Gasteiger partial charge in [-0.15, -0.1) is 0 Å². The molecule has 0 aromatic rings. The molecule has 1 radical (unpaired) electrons. The normalized spacial score (nSPS) is 27.3. The molecule has 1 aliphatic heterocycles. The van der Waals surface area contributed by atoms with Crippen molar-refractivity contribution >= 4 is 5.91 Å². The van der Waals surface area contributed by atoms with E-state index in [4.69, 9.17) is 0 Å². The molecule has 1 rings (SSSR count). The predicted molar refractivity (Wildman–Crippen MR) is 53.8 cm³/mol. The fraction of sp³-hybridized carbons (Fsp3) is 0.727. The van der Waals surface area contributed by atoms with Crippen LogP contribution >= 0.6 is 0 Å². The molecule has 0 aromatic heterocycles. The second-order valence-electron chi connectivity index (χ2n) is 5.00. The first-order chi connectivity index (χ1) is 5.82. The van der Waals surface area contributed by atoms with Crippen molar-refractivity contribution in [3.05, 3.63) is 13.8 Å². The molecule has 0 spiro atoms. The number of hydrogen-bond donors (Lipinski definition) is 0. The molecular weight excluding hydrogens is 251 g/mol. The average Bonchev–Trinajstić information content (AvgIpc) is 2.29. The monoisotopic (exact) mass is 270 g/mol. The molecule has 1 aliphatic rings. The van der Waals surface area contributed by atoms with E-state index in [2.05, 4.69) is 34.6 Å². The molecule has 1 amide bonds. The molecule has 0 aromatic carbocycles. The zero-order valence-corrected chi connectivity index (χ0v) is 12.3. The largest absolute Gasteiger partial charge is 0.394 e. The van der Waals surface area contributed by atoms with E-state index in [1.807, 2.05) is 0 Å². The number of carbonyl (C=O) groups is 1. The van der Waals surface area contributed by atoms with E-state index >= 15 is 0 Å². The Morgan fingerprint density at radius 3 is 2.14 bits per heavy atom. The van der Waals surface area contributed by atoms with Crippen molar-refractivity contribution in [3.8, 4) is 0 Å². The molecule has 0 N–H and O–H groups in total. The summed E-state index contributed by atoms with van der Waals surface area (Å²) in [5.74, 6) is 0.465. The fourth-order valence-electron chi connectivity index (χ4n) is 1.85. The van der Waals surface area contributed by atoms with Crippen LogP contribution in [0.2, 0.25) is 0 Å². The Morgan fingerprint density at radius 1 is 1.43 bits per heavy atom. The second-order valence-corrected chi connectivity index (χ2v) is 5.00. The van der Waals surface area contributed by atoms with E-state index in [0.29, 0.717) is 5.92 Å². The van der Waals surface area contributed by atoms with Crippen molar-refractivity contribution in [2.75, 3.05) is 6.54 Å². The van der Waals surface area contributed by atoms with Gasteiger partial charge in [-0.05, 0) is 11.3 Å². The first-order valence-corrected chi connectivity index (χ1v) is 4.78. The zero-order chi connectivity index (χ0) is 10.2. The topological polar surface area (TPSA) is 20.3 Å². The van der Waals surface area contributed by atoms with Crippen LogP contribution in [0.1, 0.15) is 27.2 Å². The van der Waals surface area contributed by atoms with Crippen molar-refractivity contribution in [3.63, 3.8) is 0 Å². The quantitative estimate of drug-likeness (QED) is 0.616. The van der Waals surface area contributed by atoms with Crippen molar-refractivity contribution in [2.45, 2.75) is 33.2 Å². The van der Waals surface area contributed by atoms with Gasteiger partial charge in [0, 0.05) is 39.3 Å². The average molecular weight is 270 g/mol. The van der Waals surface area contributed by atoms with E-state index in [9.17, 15) is 4.79 Å². The van der Waals surface area contributed by atoms with Gasteiger partial charge in [0.25, 0.3) is 0 Å². The van der Waals surface area contributed by atoms with E-state index in [0.717, 1.165) is 13.0 Å². The van der Waals surface area contributed by atoms with Gasteiger partial charge in [-0.1, -0.05) is 33.2 Å². The van der Waals surface area contributed by atoms with Gasteiger partial charge in [0.05, 0.1) is 5.91 Å². The molecule has 3 heteroatoms. The Morgan fingerprint density at radius 2 is 1.93 bits per heavy atom. The Bertz CT molecular complexity index is 210. The maximum absolute atomic E-state index is 11.1. The van der Waals surface area contributed by atoms with Crippen LogP contribution in [-0.4, -0.2) is 23.4 Å². The summed E-state index contributed by atoms with van der Waals surface area (Å²) in [6, 6.07) is 0.120. The van der Waals surface area contributed by atoms with Gasteiger partial charge >= 0.3 is 0 Å². The molecule has 0 aliphatic carbocycles. The number of amides is 1. The van der Waals surface area contributed by atoms with Gasteiger partial charge in [-0.25, -0.2) is 0 Å². The third-order valence-electron chi connectivity index (χ3n) is 2.96. The molecule has 2 atom stereocenters. The van der Waals surface area contributed by atoms with Gasteiger partial charge in [-0.3, -0.25) is 0 Å². The number of likely N-dealkylation sites (tertiary alicyclic amines) is 1. The van der Waals surface area contributed by atoms with Crippen LogP contribution in [0.15, 0.2) is 0 Å². The molecule has 1 saturated heterocycles. The molecule has 79 valence electrons. The Hall–Kier alpha value is 0.444. The van der Waals surface area contributed by atoms with Crippen LogP contribution in [0.5, 0.6) is 0 Å². The van der Waals surface area contributed by atoms with E-state index in [-0.39, 0.29) is 50.1 Å². The predicted octanol–water partition coefficient (Wildman–Crippen LogP) is 1.92. The summed E-state index contributed by atoms with van der Waals surface area (Å²) in [5, 5.41) is 0. The molecule has 1 heterocycles. The van der Waals surface area contributed by atoms with Gasteiger partial charge in [0.1, 0.15) is 0 Å². The number of nitrogens with zero attached hydrogens (tertiary/aromatic N) is 1. The summed E-state index contributed by atoms with van der Waals surface area (Å²) < 4.78 is 0. The molecule has 0 bridgehead atoms. The minimum atomic E-state index is -0.0910. The molecule has 2 nitrogen and oxygen atoms in total. The van der Waals surface area contributed by atoms with Crippen LogP contribution in [0.3, 0.4) is 0 Å². The van der Waals surface area contributed by atoms with Crippen molar-refractivity contribution < 1.29 is 37.5 Å². The maximum Gasteiger partial charge on any atom is 0.0801 e.